The van der Waals surface area contributed by atoms with Gasteiger partial charge in [0.1, 0.15) is 5.75 Å². The molecule has 1 unspecified atom stereocenters. The average Bonchev–Trinajstić information content (AvgIpc) is 2.34. The molecule has 0 aliphatic rings. The standard InChI is InChI=1S/C15H23NO2/c1-5-6-7-12(16)15(17)14-11(3)8-10(2)9-13(14)18-4/h8-9,12H,5-7,16H2,1-4H3. The van der Waals surface area contributed by atoms with Crippen LogP contribution in [0.5, 0.6) is 5.75 Å². The van der Waals surface area contributed by atoms with Crippen molar-refractivity contribution in [2.24, 2.45) is 5.73 Å². The van der Waals surface area contributed by atoms with Crippen LogP contribution in [0, 0.1) is 13.8 Å². The number of benzene rings is 1. The number of hydrogen-bond donors (Lipinski definition) is 1. The average molecular weight is 249 g/mol. The van der Waals surface area contributed by atoms with Crippen molar-refractivity contribution in [2.75, 3.05) is 7.11 Å². The van der Waals surface area contributed by atoms with Gasteiger partial charge in [-0.15, -0.1) is 0 Å². The second-order valence-electron chi connectivity index (χ2n) is 4.77. The van der Waals surface area contributed by atoms with Gasteiger partial charge in [-0.1, -0.05) is 25.8 Å². The Morgan fingerprint density at radius 1 is 1.39 bits per heavy atom. The second-order valence-corrected chi connectivity index (χ2v) is 4.77. The highest BCUT2D eigenvalue weighted by atomic mass is 16.5. The number of ketones is 1. The first kappa shape index (κ1) is 14.7. The van der Waals surface area contributed by atoms with E-state index < -0.39 is 6.04 Å². The Morgan fingerprint density at radius 3 is 2.61 bits per heavy atom. The first-order valence-corrected chi connectivity index (χ1v) is 6.46. The molecule has 0 aliphatic heterocycles. The van der Waals surface area contributed by atoms with Gasteiger partial charge in [0, 0.05) is 0 Å². The molecule has 0 heterocycles. The predicted molar refractivity (Wildman–Crippen MR) is 74.3 cm³/mol. The van der Waals surface area contributed by atoms with Crippen LogP contribution in [-0.2, 0) is 0 Å². The number of carbonyl (C=O) groups excluding carboxylic acids is 1. The van der Waals surface area contributed by atoms with E-state index in [9.17, 15) is 4.79 Å². The molecule has 100 valence electrons. The number of rotatable bonds is 6. The van der Waals surface area contributed by atoms with Crippen molar-refractivity contribution < 1.29 is 9.53 Å². The summed E-state index contributed by atoms with van der Waals surface area (Å²) in [6, 6.07) is 3.44. The molecule has 0 bridgehead atoms. The van der Waals surface area contributed by atoms with Gasteiger partial charge in [-0.05, 0) is 37.5 Å². The number of aryl methyl sites for hydroxylation is 2. The van der Waals surface area contributed by atoms with Crippen molar-refractivity contribution in [3.63, 3.8) is 0 Å². The Labute approximate surface area is 109 Å². The largest absolute Gasteiger partial charge is 0.496 e. The minimum Gasteiger partial charge on any atom is -0.496 e. The number of methoxy groups -OCH3 is 1. The van der Waals surface area contributed by atoms with Crippen molar-refractivity contribution >= 4 is 5.78 Å². The minimum atomic E-state index is -0.430. The van der Waals surface area contributed by atoms with Crippen LogP contribution in [-0.4, -0.2) is 18.9 Å². The third-order valence-electron chi connectivity index (χ3n) is 3.12. The lowest BCUT2D eigenvalue weighted by atomic mass is 9.94. The molecule has 1 atom stereocenters. The summed E-state index contributed by atoms with van der Waals surface area (Å²) >= 11 is 0. The summed E-state index contributed by atoms with van der Waals surface area (Å²) in [4.78, 5) is 12.4. The van der Waals surface area contributed by atoms with Gasteiger partial charge in [-0.3, -0.25) is 4.79 Å². The Bertz CT molecular complexity index is 427. The van der Waals surface area contributed by atoms with Crippen LogP contribution in [0.1, 0.15) is 47.7 Å². The first-order chi connectivity index (χ1) is 8.51. The van der Waals surface area contributed by atoms with Gasteiger partial charge in [0.15, 0.2) is 5.78 Å². The maximum Gasteiger partial charge on any atom is 0.183 e. The summed E-state index contributed by atoms with van der Waals surface area (Å²) in [7, 11) is 1.59. The lowest BCUT2D eigenvalue weighted by Crippen LogP contribution is -2.31. The van der Waals surface area contributed by atoms with Crippen molar-refractivity contribution in [2.45, 2.75) is 46.1 Å². The first-order valence-electron chi connectivity index (χ1n) is 6.46. The van der Waals surface area contributed by atoms with E-state index in [2.05, 4.69) is 6.92 Å². The molecule has 0 saturated carbocycles. The fraction of sp³-hybridized carbons (Fsp3) is 0.533. The molecular formula is C15H23NO2. The number of carbonyl (C=O) groups is 1. The summed E-state index contributed by atoms with van der Waals surface area (Å²) in [5.41, 5.74) is 8.61. The smallest absolute Gasteiger partial charge is 0.183 e. The van der Waals surface area contributed by atoms with Crippen LogP contribution in [0.25, 0.3) is 0 Å². The fourth-order valence-electron chi connectivity index (χ4n) is 2.15. The molecule has 2 N–H and O–H groups in total. The van der Waals surface area contributed by atoms with Gasteiger partial charge in [-0.25, -0.2) is 0 Å². The van der Waals surface area contributed by atoms with Gasteiger partial charge >= 0.3 is 0 Å². The number of ether oxygens (including phenoxy) is 1. The van der Waals surface area contributed by atoms with Gasteiger partial charge in [-0.2, -0.15) is 0 Å². The number of nitrogens with two attached hydrogens (primary N) is 1. The number of hydrogen-bond acceptors (Lipinski definition) is 3. The number of Topliss-reactive ketones (excluding diaryl/α,β-unsaturated/α-hetero) is 1. The third kappa shape index (κ3) is 3.33. The lowest BCUT2D eigenvalue weighted by Gasteiger charge is -2.16. The highest BCUT2D eigenvalue weighted by Crippen LogP contribution is 2.26. The Morgan fingerprint density at radius 2 is 2.06 bits per heavy atom. The zero-order valence-corrected chi connectivity index (χ0v) is 11.7. The molecule has 1 aromatic carbocycles. The summed E-state index contributed by atoms with van der Waals surface area (Å²) in [5, 5.41) is 0. The van der Waals surface area contributed by atoms with E-state index in [0.29, 0.717) is 11.3 Å². The summed E-state index contributed by atoms with van der Waals surface area (Å²) < 4.78 is 5.31. The van der Waals surface area contributed by atoms with E-state index in [1.54, 1.807) is 7.11 Å². The van der Waals surface area contributed by atoms with E-state index in [1.165, 1.54) is 0 Å². The van der Waals surface area contributed by atoms with Crippen LogP contribution >= 0.6 is 0 Å². The fourth-order valence-corrected chi connectivity index (χ4v) is 2.15. The summed E-state index contributed by atoms with van der Waals surface area (Å²) in [5.74, 6) is 0.613. The topological polar surface area (TPSA) is 52.3 Å². The molecule has 3 heteroatoms. The van der Waals surface area contributed by atoms with Crippen LogP contribution in [0.15, 0.2) is 12.1 Å². The van der Waals surface area contributed by atoms with Crippen LogP contribution in [0.4, 0.5) is 0 Å². The monoisotopic (exact) mass is 249 g/mol. The Hall–Kier alpha value is -1.35. The molecule has 0 saturated heterocycles. The van der Waals surface area contributed by atoms with Crippen molar-refractivity contribution in [1.29, 1.82) is 0 Å². The zero-order valence-electron chi connectivity index (χ0n) is 11.7. The molecule has 0 aromatic heterocycles. The highest BCUT2D eigenvalue weighted by molar-refractivity contribution is 6.03. The number of unbranched alkanes of at least 4 members (excludes halogenated alkanes) is 1. The van der Waals surface area contributed by atoms with E-state index in [1.807, 2.05) is 26.0 Å². The Balaban J connectivity index is 3.04. The molecule has 0 amide bonds. The van der Waals surface area contributed by atoms with Crippen LogP contribution < -0.4 is 10.5 Å². The van der Waals surface area contributed by atoms with Crippen molar-refractivity contribution in [1.82, 2.24) is 0 Å². The molecule has 0 aliphatic carbocycles. The SMILES string of the molecule is CCCCC(N)C(=O)c1c(C)cc(C)cc1OC. The van der Waals surface area contributed by atoms with Crippen LogP contribution in [0.3, 0.4) is 0 Å². The zero-order chi connectivity index (χ0) is 13.7. The predicted octanol–water partition coefficient (Wildman–Crippen LogP) is 3.01. The maximum absolute atomic E-state index is 12.4. The van der Waals surface area contributed by atoms with Gasteiger partial charge < -0.3 is 10.5 Å². The quantitative estimate of drug-likeness (QED) is 0.788. The van der Waals surface area contributed by atoms with Crippen LogP contribution in [0.2, 0.25) is 0 Å². The van der Waals surface area contributed by atoms with E-state index in [-0.39, 0.29) is 5.78 Å². The molecule has 1 rings (SSSR count). The molecule has 1 aromatic rings. The van der Waals surface area contributed by atoms with Gasteiger partial charge in [0.05, 0.1) is 18.7 Å². The lowest BCUT2D eigenvalue weighted by molar-refractivity contribution is 0.0952. The molecule has 3 nitrogen and oxygen atoms in total. The van der Waals surface area contributed by atoms with E-state index in [4.69, 9.17) is 10.5 Å². The summed E-state index contributed by atoms with van der Waals surface area (Å²) in [6.07, 6.45) is 2.75. The summed E-state index contributed by atoms with van der Waals surface area (Å²) in [6.45, 7) is 6.00. The van der Waals surface area contributed by atoms with Crippen molar-refractivity contribution in [3.8, 4) is 5.75 Å². The van der Waals surface area contributed by atoms with Crippen molar-refractivity contribution in [3.05, 3.63) is 28.8 Å². The minimum absolute atomic E-state index is 0.0159. The van der Waals surface area contributed by atoms with Gasteiger partial charge in [0.2, 0.25) is 0 Å². The Kier molecular flexibility index (Phi) is 5.35. The second kappa shape index (κ2) is 6.55. The highest BCUT2D eigenvalue weighted by Gasteiger charge is 2.21. The van der Waals surface area contributed by atoms with Gasteiger partial charge in [0.25, 0.3) is 0 Å². The molecule has 0 spiro atoms. The molecule has 0 radical (unpaired) electrons. The normalized spacial score (nSPS) is 12.3. The molecular weight excluding hydrogens is 226 g/mol. The molecule has 18 heavy (non-hydrogen) atoms. The van der Waals surface area contributed by atoms with E-state index >= 15 is 0 Å². The maximum atomic E-state index is 12.4. The van der Waals surface area contributed by atoms with E-state index in [0.717, 1.165) is 30.4 Å². The third-order valence-corrected chi connectivity index (χ3v) is 3.12. The molecule has 0 fully saturated rings.